The van der Waals surface area contributed by atoms with Crippen molar-refractivity contribution in [3.05, 3.63) is 12.2 Å². The summed E-state index contributed by atoms with van der Waals surface area (Å²) in [6.07, 6.45) is 0.724. The number of aromatic amines is 1. The number of hydrogen-bond donors (Lipinski definition) is 5. The van der Waals surface area contributed by atoms with Crippen LogP contribution >= 0.6 is 0 Å². The second-order valence-corrected chi connectivity index (χ2v) is 3.58. The lowest BCUT2D eigenvalue weighted by atomic mass is 10.1. The Bertz CT molecular complexity index is 446. The quantitative estimate of drug-likeness (QED) is 0.422. The maximum atomic E-state index is 11.4. The zero-order valence-corrected chi connectivity index (χ0v) is 9.79. The van der Waals surface area contributed by atoms with E-state index in [1.165, 1.54) is 6.33 Å². The Morgan fingerprint density at radius 1 is 1.37 bits per heavy atom. The first kappa shape index (κ1) is 14.4. The number of carboxylic acid groups (broad SMARTS) is 2. The van der Waals surface area contributed by atoms with Crippen LogP contribution in [-0.2, 0) is 16.1 Å². The van der Waals surface area contributed by atoms with Crippen molar-refractivity contribution in [3.63, 3.8) is 0 Å². The van der Waals surface area contributed by atoms with Crippen molar-refractivity contribution in [1.82, 2.24) is 25.8 Å². The van der Waals surface area contributed by atoms with E-state index in [9.17, 15) is 14.4 Å². The number of rotatable bonds is 7. The van der Waals surface area contributed by atoms with Gasteiger partial charge in [-0.15, -0.1) is 0 Å². The molecule has 0 aliphatic heterocycles. The largest absolute Gasteiger partial charge is 0.481 e. The van der Waals surface area contributed by atoms with Gasteiger partial charge in [0.1, 0.15) is 18.2 Å². The van der Waals surface area contributed by atoms with Crippen LogP contribution < -0.4 is 10.6 Å². The van der Waals surface area contributed by atoms with E-state index in [-0.39, 0.29) is 19.4 Å². The summed E-state index contributed by atoms with van der Waals surface area (Å²) in [4.78, 5) is 36.3. The summed E-state index contributed by atoms with van der Waals surface area (Å²) in [5.41, 5.74) is 0. The Hall–Kier alpha value is -2.65. The first-order valence-electron chi connectivity index (χ1n) is 5.32. The number of hydrogen-bond acceptors (Lipinski definition) is 5. The van der Waals surface area contributed by atoms with Gasteiger partial charge in [-0.05, 0) is 6.42 Å². The molecule has 1 rings (SSSR count). The lowest BCUT2D eigenvalue weighted by molar-refractivity contribution is -0.140. The van der Waals surface area contributed by atoms with Gasteiger partial charge >= 0.3 is 18.0 Å². The molecule has 0 saturated carbocycles. The normalized spacial score (nSPS) is 11.6. The molecular weight excluding hydrogens is 258 g/mol. The third-order valence-corrected chi connectivity index (χ3v) is 2.13. The third kappa shape index (κ3) is 5.48. The van der Waals surface area contributed by atoms with Crippen molar-refractivity contribution in [2.24, 2.45) is 0 Å². The Kier molecular flexibility index (Phi) is 5.26. The van der Waals surface area contributed by atoms with Gasteiger partial charge in [-0.25, -0.2) is 14.6 Å². The van der Waals surface area contributed by atoms with Crippen LogP contribution in [0.15, 0.2) is 6.33 Å². The number of carbonyl (C=O) groups excluding carboxylic acids is 1. The Morgan fingerprint density at radius 3 is 2.63 bits per heavy atom. The topological polar surface area (TPSA) is 157 Å². The first-order chi connectivity index (χ1) is 8.99. The molecule has 1 unspecified atom stereocenters. The summed E-state index contributed by atoms with van der Waals surface area (Å²) in [6.45, 7) is 0.0527. The van der Waals surface area contributed by atoms with Crippen LogP contribution in [0.3, 0.4) is 0 Å². The van der Waals surface area contributed by atoms with E-state index < -0.39 is 24.0 Å². The molecule has 0 aromatic carbocycles. The Balaban J connectivity index is 2.38. The molecule has 104 valence electrons. The van der Waals surface area contributed by atoms with Gasteiger partial charge in [0.05, 0.1) is 6.54 Å². The molecule has 1 aromatic rings. The van der Waals surface area contributed by atoms with Crippen molar-refractivity contribution in [1.29, 1.82) is 0 Å². The molecule has 0 radical (unpaired) electrons. The van der Waals surface area contributed by atoms with Gasteiger partial charge in [0.25, 0.3) is 0 Å². The van der Waals surface area contributed by atoms with Crippen LogP contribution in [0.1, 0.15) is 18.7 Å². The summed E-state index contributed by atoms with van der Waals surface area (Å²) in [6, 6.07) is -1.99. The highest BCUT2D eigenvalue weighted by molar-refractivity contribution is 5.82. The number of nitrogens with one attached hydrogen (secondary N) is 3. The maximum absolute atomic E-state index is 11.4. The molecule has 1 heterocycles. The molecule has 0 fully saturated rings. The molecule has 0 bridgehead atoms. The zero-order valence-electron chi connectivity index (χ0n) is 9.79. The van der Waals surface area contributed by atoms with Crippen LogP contribution in [0.2, 0.25) is 0 Å². The smallest absolute Gasteiger partial charge is 0.326 e. The number of aromatic nitrogens is 3. The standard InChI is InChI=1S/C9H13N5O5/c15-7(16)2-1-5(8(17)18)13-9(19)10-3-6-11-4-12-14-6/h4-5H,1-3H2,(H,15,16)(H,17,18)(H2,10,13,19)(H,11,12,14). The van der Waals surface area contributed by atoms with Gasteiger partial charge in [-0.1, -0.05) is 0 Å². The van der Waals surface area contributed by atoms with Crippen molar-refractivity contribution in [3.8, 4) is 0 Å². The molecule has 10 nitrogen and oxygen atoms in total. The van der Waals surface area contributed by atoms with Crippen LogP contribution in [0.4, 0.5) is 4.79 Å². The lowest BCUT2D eigenvalue weighted by Gasteiger charge is -2.13. The van der Waals surface area contributed by atoms with Crippen LogP contribution in [-0.4, -0.2) is 49.4 Å². The predicted octanol–water partition coefficient (Wildman–Crippen LogP) is -1.08. The highest BCUT2D eigenvalue weighted by Gasteiger charge is 2.20. The molecule has 0 spiro atoms. The van der Waals surface area contributed by atoms with E-state index in [4.69, 9.17) is 10.2 Å². The van der Waals surface area contributed by atoms with E-state index in [0.29, 0.717) is 5.82 Å². The Morgan fingerprint density at radius 2 is 2.11 bits per heavy atom. The fourth-order valence-corrected chi connectivity index (χ4v) is 1.21. The van der Waals surface area contributed by atoms with Crippen LogP contribution in [0, 0.1) is 0 Å². The predicted molar refractivity (Wildman–Crippen MR) is 60.0 cm³/mol. The van der Waals surface area contributed by atoms with Crippen molar-refractivity contribution in [2.75, 3.05) is 0 Å². The SMILES string of the molecule is O=C(O)CCC(NC(=O)NCc1ncn[nH]1)C(=O)O. The number of aliphatic carboxylic acids is 2. The number of nitrogens with zero attached hydrogens (tertiary/aromatic N) is 2. The average molecular weight is 271 g/mol. The summed E-state index contributed by atoms with van der Waals surface area (Å²) < 4.78 is 0. The highest BCUT2D eigenvalue weighted by Crippen LogP contribution is 1.98. The minimum absolute atomic E-state index is 0.0527. The van der Waals surface area contributed by atoms with E-state index in [1.807, 2.05) is 0 Å². The fourth-order valence-electron chi connectivity index (χ4n) is 1.21. The molecule has 10 heteroatoms. The number of urea groups is 1. The molecule has 5 N–H and O–H groups in total. The van der Waals surface area contributed by atoms with Crippen molar-refractivity contribution < 1.29 is 24.6 Å². The van der Waals surface area contributed by atoms with Gasteiger partial charge in [-0.2, -0.15) is 5.10 Å². The summed E-state index contributed by atoms with van der Waals surface area (Å²) in [5, 5.41) is 27.9. The van der Waals surface area contributed by atoms with Gasteiger partial charge in [0.2, 0.25) is 0 Å². The molecular formula is C9H13N5O5. The molecule has 1 aromatic heterocycles. The molecule has 0 aliphatic carbocycles. The average Bonchev–Trinajstić information content (AvgIpc) is 2.84. The van der Waals surface area contributed by atoms with Gasteiger partial charge in [0.15, 0.2) is 0 Å². The fraction of sp³-hybridized carbons (Fsp3) is 0.444. The second-order valence-electron chi connectivity index (χ2n) is 3.58. The zero-order chi connectivity index (χ0) is 14.3. The Labute approximate surface area is 107 Å². The summed E-state index contributed by atoms with van der Waals surface area (Å²) in [5.74, 6) is -2.02. The molecule has 0 aliphatic rings. The molecule has 0 saturated heterocycles. The van der Waals surface area contributed by atoms with E-state index in [2.05, 4.69) is 25.8 Å². The monoisotopic (exact) mass is 271 g/mol. The van der Waals surface area contributed by atoms with Gasteiger partial charge < -0.3 is 20.8 Å². The van der Waals surface area contributed by atoms with Crippen LogP contribution in [0.25, 0.3) is 0 Å². The molecule has 2 amide bonds. The number of amides is 2. The number of carbonyl (C=O) groups is 3. The van der Waals surface area contributed by atoms with E-state index >= 15 is 0 Å². The summed E-state index contributed by atoms with van der Waals surface area (Å²) in [7, 11) is 0. The van der Waals surface area contributed by atoms with E-state index in [1.54, 1.807) is 0 Å². The molecule has 19 heavy (non-hydrogen) atoms. The minimum Gasteiger partial charge on any atom is -0.481 e. The molecule has 1 atom stereocenters. The van der Waals surface area contributed by atoms with E-state index in [0.717, 1.165) is 0 Å². The van der Waals surface area contributed by atoms with Crippen LogP contribution in [0.5, 0.6) is 0 Å². The number of carboxylic acids is 2. The second kappa shape index (κ2) is 6.93. The number of H-pyrrole nitrogens is 1. The lowest BCUT2D eigenvalue weighted by Crippen LogP contribution is -2.46. The summed E-state index contributed by atoms with van der Waals surface area (Å²) >= 11 is 0. The van der Waals surface area contributed by atoms with Gasteiger partial charge in [0, 0.05) is 6.42 Å². The minimum atomic E-state index is -1.30. The first-order valence-corrected chi connectivity index (χ1v) is 5.32. The van der Waals surface area contributed by atoms with Gasteiger partial charge in [-0.3, -0.25) is 9.89 Å². The third-order valence-electron chi connectivity index (χ3n) is 2.13. The maximum Gasteiger partial charge on any atom is 0.326 e. The van der Waals surface area contributed by atoms with Crippen molar-refractivity contribution in [2.45, 2.75) is 25.4 Å². The highest BCUT2D eigenvalue weighted by atomic mass is 16.4. The van der Waals surface area contributed by atoms with Crippen molar-refractivity contribution >= 4 is 18.0 Å².